The number of piperidine rings is 1. The number of carbonyl (C=O) groups is 2. The van der Waals surface area contributed by atoms with Crippen LogP contribution in [0, 0.1) is 17.2 Å². The van der Waals surface area contributed by atoms with Crippen molar-refractivity contribution in [2.75, 3.05) is 19.6 Å². The first kappa shape index (κ1) is 19.6. The molecule has 3 N–H and O–H groups in total. The molecule has 1 saturated carbocycles. The van der Waals surface area contributed by atoms with E-state index in [0.717, 1.165) is 18.4 Å². The van der Waals surface area contributed by atoms with E-state index in [4.69, 9.17) is 0 Å². The number of nitrogens with zero attached hydrogens (tertiary/aromatic N) is 1. The predicted octanol–water partition coefficient (Wildman–Crippen LogP) is 2.41. The van der Waals surface area contributed by atoms with Gasteiger partial charge in [0.2, 0.25) is 0 Å². The van der Waals surface area contributed by atoms with E-state index in [1.807, 2.05) is 0 Å². The van der Waals surface area contributed by atoms with Crippen molar-refractivity contribution in [1.29, 1.82) is 0 Å². The van der Waals surface area contributed by atoms with Crippen LogP contribution in [0.1, 0.15) is 37.7 Å². The Labute approximate surface area is 158 Å². The Morgan fingerprint density at radius 3 is 2.59 bits per heavy atom. The van der Waals surface area contributed by atoms with Gasteiger partial charge >= 0.3 is 12.0 Å². The zero-order valence-corrected chi connectivity index (χ0v) is 15.4. The van der Waals surface area contributed by atoms with Crippen molar-refractivity contribution >= 4 is 12.0 Å². The SMILES string of the molecule is O=C(O)C1CCCN(C(=O)NCC2(Cc3ccc(F)cc3)CCCC2O)C1. The molecule has 3 atom stereocenters. The molecule has 0 spiro atoms. The van der Waals surface area contributed by atoms with Gasteiger partial charge in [-0.05, 0) is 49.8 Å². The summed E-state index contributed by atoms with van der Waals surface area (Å²) in [6, 6.07) is 5.96. The Bertz CT molecular complexity index is 681. The van der Waals surface area contributed by atoms with Crippen LogP contribution in [0.4, 0.5) is 9.18 Å². The molecule has 2 aliphatic rings. The number of halogens is 1. The molecule has 3 unspecified atom stereocenters. The zero-order chi connectivity index (χ0) is 19.4. The number of carboxylic acids is 1. The Morgan fingerprint density at radius 2 is 1.96 bits per heavy atom. The van der Waals surface area contributed by atoms with Crippen LogP contribution in [-0.2, 0) is 11.2 Å². The molecule has 27 heavy (non-hydrogen) atoms. The summed E-state index contributed by atoms with van der Waals surface area (Å²) in [6.45, 7) is 1.08. The fraction of sp³-hybridized carbons (Fsp3) is 0.600. The number of carboxylic acid groups (broad SMARTS) is 1. The molecule has 1 aromatic rings. The number of aliphatic hydroxyl groups is 1. The predicted molar refractivity (Wildman–Crippen MR) is 97.7 cm³/mol. The van der Waals surface area contributed by atoms with Gasteiger partial charge in [0.15, 0.2) is 0 Å². The van der Waals surface area contributed by atoms with Crippen molar-refractivity contribution in [2.45, 2.75) is 44.6 Å². The van der Waals surface area contributed by atoms with Gasteiger partial charge in [-0.15, -0.1) is 0 Å². The Morgan fingerprint density at radius 1 is 1.22 bits per heavy atom. The average Bonchev–Trinajstić information content (AvgIpc) is 3.02. The molecule has 148 valence electrons. The van der Waals surface area contributed by atoms with Crippen molar-refractivity contribution in [3.05, 3.63) is 35.6 Å². The van der Waals surface area contributed by atoms with Crippen molar-refractivity contribution in [1.82, 2.24) is 10.2 Å². The molecule has 1 aliphatic heterocycles. The Balaban J connectivity index is 1.64. The summed E-state index contributed by atoms with van der Waals surface area (Å²) in [6.07, 6.45) is 3.64. The summed E-state index contributed by atoms with van der Waals surface area (Å²) >= 11 is 0. The van der Waals surface area contributed by atoms with Crippen LogP contribution in [0.5, 0.6) is 0 Å². The number of hydrogen-bond donors (Lipinski definition) is 3. The molecule has 3 rings (SSSR count). The molecular weight excluding hydrogens is 351 g/mol. The Hall–Kier alpha value is -2.15. The third-order valence-electron chi connectivity index (χ3n) is 5.98. The number of likely N-dealkylation sites (tertiary alicyclic amines) is 1. The molecule has 1 heterocycles. The van der Waals surface area contributed by atoms with Crippen molar-refractivity contribution in [3.8, 4) is 0 Å². The fourth-order valence-electron chi connectivity index (χ4n) is 4.33. The summed E-state index contributed by atoms with van der Waals surface area (Å²) in [4.78, 5) is 25.3. The van der Waals surface area contributed by atoms with Gasteiger partial charge in [0.05, 0.1) is 12.0 Å². The summed E-state index contributed by atoms with van der Waals surface area (Å²) in [7, 11) is 0. The van der Waals surface area contributed by atoms with Gasteiger partial charge in [0.25, 0.3) is 0 Å². The minimum absolute atomic E-state index is 0.217. The first-order chi connectivity index (χ1) is 12.9. The van der Waals surface area contributed by atoms with Gasteiger partial charge in [0.1, 0.15) is 5.82 Å². The van der Waals surface area contributed by atoms with Crippen LogP contribution in [0.25, 0.3) is 0 Å². The molecule has 6 nitrogen and oxygen atoms in total. The van der Waals surface area contributed by atoms with Crippen molar-refractivity contribution in [2.24, 2.45) is 11.3 Å². The molecule has 2 amide bonds. The van der Waals surface area contributed by atoms with Crippen LogP contribution in [0.2, 0.25) is 0 Å². The number of aliphatic carboxylic acids is 1. The number of aliphatic hydroxyl groups excluding tert-OH is 1. The smallest absolute Gasteiger partial charge is 0.317 e. The van der Waals surface area contributed by atoms with E-state index in [1.165, 1.54) is 12.1 Å². The second kappa shape index (κ2) is 8.25. The van der Waals surface area contributed by atoms with E-state index in [9.17, 15) is 24.2 Å². The molecule has 1 aromatic carbocycles. The normalized spacial score (nSPS) is 28.1. The molecule has 0 radical (unpaired) electrons. The second-order valence-electron chi connectivity index (χ2n) is 7.86. The lowest BCUT2D eigenvalue weighted by molar-refractivity contribution is -0.143. The van der Waals surface area contributed by atoms with Gasteiger partial charge in [-0.1, -0.05) is 18.6 Å². The average molecular weight is 378 g/mol. The van der Waals surface area contributed by atoms with E-state index in [2.05, 4.69) is 5.32 Å². The van der Waals surface area contributed by atoms with Gasteiger partial charge in [0, 0.05) is 25.0 Å². The lowest BCUT2D eigenvalue weighted by atomic mass is 9.78. The number of benzene rings is 1. The monoisotopic (exact) mass is 378 g/mol. The Kier molecular flexibility index (Phi) is 5.99. The van der Waals surface area contributed by atoms with Crippen LogP contribution in [-0.4, -0.2) is 52.9 Å². The fourth-order valence-corrected chi connectivity index (χ4v) is 4.33. The van der Waals surface area contributed by atoms with Crippen molar-refractivity contribution < 1.29 is 24.2 Å². The largest absolute Gasteiger partial charge is 0.481 e. The maximum absolute atomic E-state index is 13.2. The number of amides is 2. The summed E-state index contributed by atoms with van der Waals surface area (Å²) < 4.78 is 13.2. The number of rotatable bonds is 5. The van der Waals surface area contributed by atoms with Crippen LogP contribution < -0.4 is 5.32 Å². The van der Waals surface area contributed by atoms with E-state index >= 15 is 0 Å². The van der Waals surface area contributed by atoms with Gasteiger partial charge in [-0.2, -0.15) is 0 Å². The summed E-state index contributed by atoms with van der Waals surface area (Å²) in [5, 5.41) is 22.7. The van der Waals surface area contributed by atoms with E-state index < -0.39 is 23.4 Å². The highest BCUT2D eigenvalue weighted by molar-refractivity contribution is 5.76. The second-order valence-corrected chi connectivity index (χ2v) is 7.86. The quantitative estimate of drug-likeness (QED) is 0.734. The zero-order valence-electron chi connectivity index (χ0n) is 15.4. The van der Waals surface area contributed by atoms with Crippen LogP contribution in [0.15, 0.2) is 24.3 Å². The maximum atomic E-state index is 13.2. The lowest BCUT2D eigenvalue weighted by Gasteiger charge is -2.36. The van der Waals surface area contributed by atoms with Crippen LogP contribution in [0.3, 0.4) is 0 Å². The minimum atomic E-state index is -0.869. The topological polar surface area (TPSA) is 89.9 Å². The van der Waals surface area contributed by atoms with Gasteiger partial charge in [-0.25, -0.2) is 9.18 Å². The lowest BCUT2D eigenvalue weighted by Crippen LogP contribution is -2.51. The first-order valence-electron chi connectivity index (χ1n) is 9.58. The highest BCUT2D eigenvalue weighted by Crippen LogP contribution is 2.41. The third-order valence-corrected chi connectivity index (χ3v) is 5.98. The molecular formula is C20H27FN2O4. The van der Waals surface area contributed by atoms with Gasteiger partial charge < -0.3 is 20.4 Å². The van der Waals surface area contributed by atoms with E-state index in [1.54, 1.807) is 17.0 Å². The minimum Gasteiger partial charge on any atom is -0.481 e. The number of carbonyl (C=O) groups excluding carboxylic acids is 1. The third kappa shape index (κ3) is 4.58. The molecule has 1 aliphatic carbocycles. The number of hydrogen-bond acceptors (Lipinski definition) is 3. The van der Waals surface area contributed by atoms with Gasteiger partial charge in [-0.3, -0.25) is 4.79 Å². The van der Waals surface area contributed by atoms with Crippen LogP contribution >= 0.6 is 0 Å². The molecule has 1 saturated heterocycles. The molecule has 0 bridgehead atoms. The van der Waals surface area contributed by atoms with Crippen molar-refractivity contribution in [3.63, 3.8) is 0 Å². The summed E-state index contributed by atoms with van der Waals surface area (Å²) in [5.41, 5.74) is 0.450. The standard InChI is InChI=1S/C20H27FN2O4/c21-16-7-5-14(6-8-16)11-20(9-1-4-17(20)24)13-22-19(27)23-10-2-3-15(12-23)18(25)26/h5-8,15,17,24H,1-4,9-13H2,(H,22,27)(H,25,26). The molecule has 7 heteroatoms. The molecule has 0 aromatic heterocycles. The van der Waals surface area contributed by atoms with E-state index in [-0.39, 0.29) is 18.4 Å². The summed E-state index contributed by atoms with van der Waals surface area (Å²) in [5.74, 6) is -1.69. The molecule has 2 fully saturated rings. The number of nitrogens with one attached hydrogen (secondary N) is 1. The first-order valence-corrected chi connectivity index (χ1v) is 9.58. The maximum Gasteiger partial charge on any atom is 0.317 e. The highest BCUT2D eigenvalue weighted by atomic mass is 19.1. The van der Waals surface area contributed by atoms with E-state index in [0.29, 0.717) is 38.8 Å². The highest BCUT2D eigenvalue weighted by Gasteiger charge is 2.42. The number of urea groups is 1.